The summed E-state index contributed by atoms with van der Waals surface area (Å²) in [6.07, 6.45) is 1.42. The molecule has 0 bridgehead atoms. The molecule has 0 saturated heterocycles. The topological polar surface area (TPSA) is 94.1 Å². The van der Waals surface area contributed by atoms with Gasteiger partial charge in [0, 0.05) is 0 Å². The molecule has 1 N–H and O–H groups in total. The third kappa shape index (κ3) is 6.42. The molecule has 166 valence electrons. The Hall–Kier alpha value is -3.65. The smallest absolute Gasteiger partial charge is 0.277 e. The lowest BCUT2D eigenvalue weighted by molar-refractivity contribution is -0.123. The van der Waals surface area contributed by atoms with Crippen LogP contribution in [-0.4, -0.2) is 34.3 Å². The second-order valence-corrected chi connectivity index (χ2v) is 9.02. The zero-order valence-electron chi connectivity index (χ0n) is 17.8. The maximum absolute atomic E-state index is 12.8. The summed E-state index contributed by atoms with van der Waals surface area (Å²) in [6, 6.07) is 20.6. The van der Waals surface area contributed by atoms with Crippen LogP contribution in [0.25, 0.3) is 0 Å². The monoisotopic (exact) mass is 452 g/mol. The van der Waals surface area contributed by atoms with Crippen LogP contribution >= 0.6 is 0 Å². The molecule has 3 aromatic rings. The molecule has 0 aliphatic rings. The van der Waals surface area contributed by atoms with Crippen molar-refractivity contribution in [1.82, 2.24) is 5.43 Å². The van der Waals surface area contributed by atoms with Gasteiger partial charge in [-0.25, -0.2) is 13.8 Å². The number of hydrogen-bond acceptors (Lipinski definition) is 6. The van der Waals surface area contributed by atoms with Gasteiger partial charge < -0.3 is 9.47 Å². The van der Waals surface area contributed by atoms with E-state index in [1.807, 2.05) is 6.92 Å². The average Bonchev–Trinajstić information content (AvgIpc) is 2.79. The number of rotatable bonds is 9. The van der Waals surface area contributed by atoms with Crippen LogP contribution in [0.5, 0.6) is 11.5 Å². The van der Waals surface area contributed by atoms with E-state index in [9.17, 15) is 13.2 Å². The first-order chi connectivity index (χ1) is 15.4. The summed E-state index contributed by atoms with van der Waals surface area (Å²) in [4.78, 5) is 12.2. The summed E-state index contributed by atoms with van der Waals surface area (Å²) in [5.41, 5.74) is 4.55. The predicted molar refractivity (Wildman–Crippen MR) is 123 cm³/mol. The van der Waals surface area contributed by atoms with Crippen LogP contribution in [0.3, 0.4) is 0 Å². The summed E-state index contributed by atoms with van der Waals surface area (Å²) in [7, 11) is -1.95. The number of hydrogen-bond donors (Lipinski definition) is 1. The van der Waals surface area contributed by atoms with Gasteiger partial charge in [0.2, 0.25) is 0 Å². The fraction of sp³-hybridized carbons (Fsp3) is 0.167. The Morgan fingerprint density at radius 2 is 1.62 bits per heavy atom. The van der Waals surface area contributed by atoms with E-state index in [1.54, 1.807) is 79.9 Å². The van der Waals surface area contributed by atoms with Crippen LogP contribution < -0.4 is 14.9 Å². The highest BCUT2D eigenvalue weighted by Crippen LogP contribution is 2.19. The Morgan fingerprint density at radius 1 is 0.969 bits per heavy atom. The number of ether oxygens (including phenoxy) is 2. The van der Waals surface area contributed by atoms with E-state index in [-0.39, 0.29) is 17.3 Å². The standard InChI is InChI=1S/C24H24N2O5S/c1-18-7-13-23(14-8-18)32(28,29)17-20-6-4-3-5-19(20)15-25-26-24(27)16-31-22-11-9-21(30-2)10-12-22/h3-15H,16-17H2,1-2H3,(H,26,27). The molecule has 0 heterocycles. The van der Waals surface area contributed by atoms with Crippen molar-refractivity contribution in [3.8, 4) is 11.5 Å². The molecule has 0 radical (unpaired) electrons. The Bertz CT molecular complexity index is 1190. The highest BCUT2D eigenvalue weighted by atomic mass is 32.2. The second kappa shape index (κ2) is 10.6. The first-order valence-corrected chi connectivity index (χ1v) is 11.5. The third-order valence-electron chi connectivity index (χ3n) is 4.60. The van der Waals surface area contributed by atoms with Gasteiger partial charge in [-0.2, -0.15) is 5.10 Å². The molecule has 3 aromatic carbocycles. The van der Waals surface area contributed by atoms with Crippen molar-refractivity contribution in [2.24, 2.45) is 5.10 Å². The van der Waals surface area contributed by atoms with Gasteiger partial charge in [-0.15, -0.1) is 0 Å². The van der Waals surface area contributed by atoms with Crippen molar-refractivity contribution < 1.29 is 22.7 Å². The molecule has 1 amide bonds. The van der Waals surface area contributed by atoms with Crippen molar-refractivity contribution in [2.45, 2.75) is 17.6 Å². The molecular formula is C24H24N2O5S. The van der Waals surface area contributed by atoms with Crippen LogP contribution in [-0.2, 0) is 20.4 Å². The molecule has 0 aliphatic carbocycles. The lowest BCUT2D eigenvalue weighted by Crippen LogP contribution is -2.24. The number of aryl methyl sites for hydroxylation is 1. The van der Waals surface area contributed by atoms with E-state index >= 15 is 0 Å². The van der Waals surface area contributed by atoms with Gasteiger partial charge in [0.15, 0.2) is 16.4 Å². The maximum atomic E-state index is 12.8. The largest absolute Gasteiger partial charge is 0.497 e. The van der Waals surface area contributed by atoms with E-state index in [4.69, 9.17) is 9.47 Å². The lowest BCUT2D eigenvalue weighted by atomic mass is 10.1. The SMILES string of the molecule is COc1ccc(OCC(=O)NN=Cc2ccccc2CS(=O)(=O)c2ccc(C)cc2)cc1. The first-order valence-electron chi connectivity index (χ1n) is 9.83. The highest BCUT2D eigenvalue weighted by Gasteiger charge is 2.16. The molecule has 0 spiro atoms. The summed E-state index contributed by atoms with van der Waals surface area (Å²) in [6.45, 7) is 1.69. The third-order valence-corrected chi connectivity index (χ3v) is 6.28. The van der Waals surface area contributed by atoms with Crippen LogP contribution in [0.4, 0.5) is 0 Å². The number of nitrogens with one attached hydrogen (secondary N) is 1. The molecule has 32 heavy (non-hydrogen) atoms. The van der Waals surface area contributed by atoms with Crippen molar-refractivity contribution in [3.05, 3.63) is 89.5 Å². The van der Waals surface area contributed by atoms with Gasteiger partial charge >= 0.3 is 0 Å². The molecule has 3 rings (SSSR count). The zero-order valence-corrected chi connectivity index (χ0v) is 18.6. The minimum absolute atomic E-state index is 0.174. The van der Waals surface area contributed by atoms with Gasteiger partial charge in [-0.3, -0.25) is 4.79 Å². The lowest BCUT2D eigenvalue weighted by Gasteiger charge is -2.08. The first kappa shape index (κ1) is 23.0. The minimum atomic E-state index is -3.52. The molecule has 8 heteroatoms. The van der Waals surface area contributed by atoms with Gasteiger partial charge in [-0.05, 0) is 54.4 Å². The van der Waals surface area contributed by atoms with E-state index in [1.165, 1.54) is 6.21 Å². The normalized spacial score (nSPS) is 11.3. The van der Waals surface area contributed by atoms with Gasteiger partial charge in [-0.1, -0.05) is 42.0 Å². The van der Waals surface area contributed by atoms with Crippen LogP contribution in [0.1, 0.15) is 16.7 Å². The molecule has 0 atom stereocenters. The number of sulfone groups is 1. The van der Waals surface area contributed by atoms with Crippen molar-refractivity contribution >= 4 is 22.0 Å². The summed E-state index contributed by atoms with van der Waals surface area (Å²) in [5, 5.41) is 3.94. The Kier molecular flexibility index (Phi) is 7.62. The number of carbonyl (C=O) groups excluding carboxylic acids is 1. The van der Waals surface area contributed by atoms with Crippen molar-refractivity contribution in [3.63, 3.8) is 0 Å². The van der Waals surface area contributed by atoms with Crippen LogP contribution in [0.15, 0.2) is 82.8 Å². The van der Waals surface area contributed by atoms with E-state index in [2.05, 4.69) is 10.5 Å². The number of amides is 1. The van der Waals surface area contributed by atoms with E-state index < -0.39 is 15.7 Å². The molecule has 0 aliphatic heterocycles. The molecule has 0 fully saturated rings. The zero-order chi connectivity index (χ0) is 23.0. The number of carbonyl (C=O) groups is 1. The van der Waals surface area contributed by atoms with E-state index in [0.29, 0.717) is 22.6 Å². The quantitative estimate of drug-likeness (QED) is 0.396. The Balaban J connectivity index is 1.60. The van der Waals surface area contributed by atoms with Crippen molar-refractivity contribution in [2.75, 3.05) is 13.7 Å². The highest BCUT2D eigenvalue weighted by molar-refractivity contribution is 7.90. The van der Waals surface area contributed by atoms with E-state index in [0.717, 1.165) is 5.56 Å². The molecule has 7 nitrogen and oxygen atoms in total. The summed E-state index contributed by atoms with van der Waals surface area (Å²) >= 11 is 0. The van der Waals surface area contributed by atoms with Gasteiger partial charge in [0.25, 0.3) is 5.91 Å². The minimum Gasteiger partial charge on any atom is -0.497 e. The number of hydrazone groups is 1. The molecule has 0 aromatic heterocycles. The molecule has 0 unspecified atom stereocenters. The predicted octanol–water partition coefficient (Wildman–Crippen LogP) is 3.51. The fourth-order valence-electron chi connectivity index (χ4n) is 2.85. The molecule has 0 saturated carbocycles. The fourth-order valence-corrected chi connectivity index (χ4v) is 4.24. The number of benzene rings is 3. The molecular weight excluding hydrogens is 428 g/mol. The van der Waals surface area contributed by atoms with Crippen LogP contribution in [0.2, 0.25) is 0 Å². The van der Waals surface area contributed by atoms with Gasteiger partial charge in [0.05, 0.1) is 24.0 Å². The van der Waals surface area contributed by atoms with Crippen LogP contribution in [0, 0.1) is 6.92 Å². The van der Waals surface area contributed by atoms with Crippen molar-refractivity contribution in [1.29, 1.82) is 0 Å². The maximum Gasteiger partial charge on any atom is 0.277 e. The second-order valence-electron chi connectivity index (χ2n) is 7.03. The summed E-state index contributed by atoms with van der Waals surface area (Å²) < 4.78 is 36.0. The Labute approximate surface area is 187 Å². The summed E-state index contributed by atoms with van der Waals surface area (Å²) in [5.74, 6) is 0.597. The number of methoxy groups -OCH3 is 1. The Morgan fingerprint density at radius 3 is 2.31 bits per heavy atom. The number of nitrogens with zero attached hydrogens (tertiary/aromatic N) is 1. The average molecular weight is 453 g/mol. The van der Waals surface area contributed by atoms with Gasteiger partial charge in [0.1, 0.15) is 11.5 Å².